The standard InChI is InChI=1S/C25H24N4O3/c1-16-24(18-9-10-21-22(12-18)32-15-31-21)25-26-23(28-11-5-8-19(28)14-30)13-20(29(25)27-16)17-6-3-2-4-7-17/h2-4,6-7,9-10,12-13,19,30H,5,8,11,14-15H2,1H3/t19-/m0/s1. The third-order valence-corrected chi connectivity index (χ3v) is 6.36. The van der Waals surface area contributed by atoms with Crippen LogP contribution in [0, 0.1) is 6.92 Å². The summed E-state index contributed by atoms with van der Waals surface area (Å²) in [7, 11) is 0. The Balaban J connectivity index is 1.60. The molecule has 2 aliphatic heterocycles. The average molecular weight is 428 g/mol. The van der Waals surface area contributed by atoms with Crippen LogP contribution in [0.15, 0.2) is 54.6 Å². The van der Waals surface area contributed by atoms with Gasteiger partial charge in [0.05, 0.1) is 24.0 Å². The minimum Gasteiger partial charge on any atom is -0.454 e. The van der Waals surface area contributed by atoms with Gasteiger partial charge in [-0.25, -0.2) is 9.50 Å². The molecule has 1 atom stereocenters. The molecule has 2 aromatic heterocycles. The first-order valence-corrected chi connectivity index (χ1v) is 11.0. The summed E-state index contributed by atoms with van der Waals surface area (Å²) in [5.41, 5.74) is 5.70. The molecule has 0 saturated carbocycles. The molecule has 32 heavy (non-hydrogen) atoms. The molecule has 2 aromatic carbocycles. The van der Waals surface area contributed by atoms with Crippen LogP contribution in [0.4, 0.5) is 5.82 Å². The topological polar surface area (TPSA) is 72.1 Å². The van der Waals surface area contributed by atoms with Gasteiger partial charge in [0.15, 0.2) is 17.1 Å². The lowest BCUT2D eigenvalue weighted by atomic mass is 10.1. The molecule has 0 spiro atoms. The van der Waals surface area contributed by atoms with Crippen LogP contribution < -0.4 is 14.4 Å². The lowest BCUT2D eigenvalue weighted by molar-refractivity contribution is 0.174. The molecule has 4 heterocycles. The Kier molecular flexibility index (Phi) is 4.50. The van der Waals surface area contributed by atoms with Gasteiger partial charge in [0.1, 0.15) is 5.82 Å². The first-order chi connectivity index (χ1) is 15.7. The van der Waals surface area contributed by atoms with E-state index in [9.17, 15) is 5.11 Å². The maximum atomic E-state index is 9.91. The van der Waals surface area contributed by atoms with Gasteiger partial charge in [-0.2, -0.15) is 5.10 Å². The number of aromatic nitrogens is 3. The highest BCUT2D eigenvalue weighted by Crippen LogP contribution is 2.39. The number of nitrogens with zero attached hydrogens (tertiary/aromatic N) is 4. The molecule has 0 unspecified atom stereocenters. The molecule has 7 nitrogen and oxygen atoms in total. The van der Waals surface area contributed by atoms with Gasteiger partial charge in [-0.3, -0.25) is 0 Å². The second-order valence-electron chi connectivity index (χ2n) is 8.30. The summed E-state index contributed by atoms with van der Waals surface area (Å²) in [5, 5.41) is 14.8. The van der Waals surface area contributed by atoms with Crippen molar-refractivity contribution in [1.29, 1.82) is 0 Å². The fourth-order valence-electron chi connectivity index (χ4n) is 4.79. The van der Waals surface area contributed by atoms with Gasteiger partial charge >= 0.3 is 0 Å². The SMILES string of the molecule is Cc1nn2c(-c3ccccc3)cc(N3CCC[C@H]3CO)nc2c1-c1ccc2c(c1)OCO2. The van der Waals surface area contributed by atoms with Crippen molar-refractivity contribution in [2.24, 2.45) is 0 Å². The number of hydrogen-bond donors (Lipinski definition) is 1. The summed E-state index contributed by atoms with van der Waals surface area (Å²) in [5.74, 6) is 2.36. The maximum Gasteiger partial charge on any atom is 0.231 e. The van der Waals surface area contributed by atoms with E-state index >= 15 is 0 Å². The lowest BCUT2D eigenvalue weighted by Gasteiger charge is -2.25. The van der Waals surface area contributed by atoms with Crippen LogP contribution in [0.1, 0.15) is 18.5 Å². The summed E-state index contributed by atoms with van der Waals surface area (Å²) >= 11 is 0. The number of rotatable bonds is 4. The van der Waals surface area contributed by atoms with Gasteiger partial charge in [-0.15, -0.1) is 0 Å². The Hall–Kier alpha value is -3.58. The quantitative estimate of drug-likeness (QED) is 0.529. The minimum atomic E-state index is 0.0894. The third kappa shape index (κ3) is 3.00. The number of aryl methyl sites for hydroxylation is 1. The van der Waals surface area contributed by atoms with Gasteiger partial charge in [0.2, 0.25) is 6.79 Å². The van der Waals surface area contributed by atoms with Crippen LogP contribution in [-0.2, 0) is 0 Å². The zero-order valence-corrected chi connectivity index (χ0v) is 17.9. The summed E-state index contributed by atoms with van der Waals surface area (Å²) in [6, 6.07) is 18.4. The third-order valence-electron chi connectivity index (χ3n) is 6.36. The fourth-order valence-corrected chi connectivity index (χ4v) is 4.79. The molecule has 0 radical (unpaired) electrons. The van der Waals surface area contributed by atoms with Crippen molar-refractivity contribution < 1.29 is 14.6 Å². The normalized spacial score (nSPS) is 17.4. The lowest BCUT2D eigenvalue weighted by Crippen LogP contribution is -2.32. The molecule has 6 rings (SSSR count). The molecule has 1 N–H and O–H groups in total. The van der Waals surface area contributed by atoms with E-state index in [1.807, 2.05) is 47.8 Å². The second kappa shape index (κ2) is 7.53. The molecule has 0 aliphatic carbocycles. The molecule has 4 aromatic rings. The van der Waals surface area contributed by atoms with E-state index in [1.54, 1.807) is 0 Å². The molecule has 0 bridgehead atoms. The summed E-state index contributed by atoms with van der Waals surface area (Å²) < 4.78 is 13.0. The number of benzene rings is 2. The van der Waals surface area contributed by atoms with Crippen LogP contribution in [0.2, 0.25) is 0 Å². The zero-order chi connectivity index (χ0) is 21.7. The predicted molar refractivity (Wildman–Crippen MR) is 122 cm³/mol. The van der Waals surface area contributed by atoms with Crippen molar-refractivity contribution in [3.8, 4) is 33.9 Å². The van der Waals surface area contributed by atoms with Crippen molar-refractivity contribution in [2.75, 3.05) is 24.8 Å². The van der Waals surface area contributed by atoms with Crippen molar-refractivity contribution in [3.05, 3.63) is 60.3 Å². The van der Waals surface area contributed by atoms with E-state index in [0.717, 1.165) is 70.4 Å². The molecule has 1 fully saturated rings. The van der Waals surface area contributed by atoms with E-state index in [4.69, 9.17) is 19.6 Å². The summed E-state index contributed by atoms with van der Waals surface area (Å²) in [4.78, 5) is 7.30. The molecule has 2 aliphatic rings. The van der Waals surface area contributed by atoms with Crippen molar-refractivity contribution in [3.63, 3.8) is 0 Å². The Morgan fingerprint density at radius 1 is 1.03 bits per heavy atom. The first kappa shape index (κ1) is 19.1. The highest BCUT2D eigenvalue weighted by molar-refractivity contribution is 5.84. The van der Waals surface area contributed by atoms with E-state index in [0.29, 0.717) is 0 Å². The molecular weight excluding hydrogens is 404 g/mol. The Labute approximate surface area is 185 Å². The minimum absolute atomic E-state index is 0.0894. The average Bonchev–Trinajstić information content (AvgIpc) is 3.56. The van der Waals surface area contributed by atoms with Crippen LogP contribution in [0.5, 0.6) is 11.5 Å². The monoisotopic (exact) mass is 428 g/mol. The largest absolute Gasteiger partial charge is 0.454 e. The van der Waals surface area contributed by atoms with Crippen LogP contribution in [0.25, 0.3) is 28.0 Å². The van der Waals surface area contributed by atoms with Gasteiger partial charge in [-0.1, -0.05) is 36.4 Å². The number of ether oxygens (including phenoxy) is 2. The summed E-state index contributed by atoms with van der Waals surface area (Å²) in [6.45, 7) is 3.26. The molecular formula is C25H24N4O3. The zero-order valence-electron chi connectivity index (χ0n) is 17.9. The van der Waals surface area contributed by atoms with Crippen LogP contribution >= 0.6 is 0 Å². The highest BCUT2D eigenvalue weighted by Gasteiger charge is 2.27. The second-order valence-corrected chi connectivity index (χ2v) is 8.30. The first-order valence-electron chi connectivity index (χ1n) is 11.0. The molecule has 1 saturated heterocycles. The van der Waals surface area contributed by atoms with Gasteiger partial charge in [0, 0.05) is 23.7 Å². The van der Waals surface area contributed by atoms with E-state index < -0.39 is 0 Å². The Morgan fingerprint density at radius 3 is 2.72 bits per heavy atom. The number of fused-ring (bicyclic) bond motifs is 2. The van der Waals surface area contributed by atoms with Crippen LogP contribution in [-0.4, -0.2) is 45.7 Å². The van der Waals surface area contributed by atoms with Crippen molar-refractivity contribution in [1.82, 2.24) is 14.6 Å². The number of hydrogen-bond acceptors (Lipinski definition) is 6. The predicted octanol–water partition coefficient (Wildman–Crippen LogP) is 4.06. The molecule has 0 amide bonds. The summed E-state index contributed by atoms with van der Waals surface area (Å²) in [6.07, 6.45) is 2.02. The van der Waals surface area contributed by atoms with E-state index in [2.05, 4.69) is 23.1 Å². The van der Waals surface area contributed by atoms with Gasteiger partial charge in [-0.05, 0) is 37.5 Å². The van der Waals surface area contributed by atoms with E-state index in [-0.39, 0.29) is 19.4 Å². The number of aliphatic hydroxyl groups is 1. The number of anilines is 1. The molecule has 7 heteroatoms. The van der Waals surface area contributed by atoms with E-state index in [1.165, 1.54) is 0 Å². The Morgan fingerprint density at radius 2 is 1.88 bits per heavy atom. The smallest absolute Gasteiger partial charge is 0.231 e. The van der Waals surface area contributed by atoms with Crippen LogP contribution in [0.3, 0.4) is 0 Å². The van der Waals surface area contributed by atoms with Gasteiger partial charge in [0.25, 0.3) is 0 Å². The van der Waals surface area contributed by atoms with Gasteiger partial charge < -0.3 is 19.5 Å². The number of aliphatic hydroxyl groups excluding tert-OH is 1. The maximum absolute atomic E-state index is 9.91. The Bertz CT molecular complexity index is 1300. The highest BCUT2D eigenvalue weighted by atomic mass is 16.7. The van der Waals surface area contributed by atoms with Crippen molar-refractivity contribution in [2.45, 2.75) is 25.8 Å². The molecule has 162 valence electrons. The van der Waals surface area contributed by atoms with Crippen molar-refractivity contribution >= 4 is 11.5 Å². The fraction of sp³-hybridized carbons (Fsp3) is 0.280.